The maximum atomic E-state index is 12.9. The Morgan fingerprint density at radius 3 is 2.38 bits per heavy atom. The van der Waals surface area contributed by atoms with Crippen LogP contribution in [-0.4, -0.2) is 85.1 Å². The Bertz CT molecular complexity index is 1130. The van der Waals surface area contributed by atoms with E-state index in [1.54, 1.807) is 13.3 Å². The van der Waals surface area contributed by atoms with E-state index < -0.39 is 5.41 Å². The molecule has 0 aliphatic carbocycles. The molecule has 0 bridgehead atoms. The molecule has 1 amide bonds. The molecular formula is C38H61N5O2. The van der Waals surface area contributed by atoms with Gasteiger partial charge in [0.15, 0.2) is 0 Å². The van der Waals surface area contributed by atoms with E-state index in [9.17, 15) is 4.79 Å². The van der Waals surface area contributed by atoms with Gasteiger partial charge in [-0.3, -0.25) is 14.7 Å². The number of likely N-dealkylation sites (tertiary alicyclic amines) is 1. The Morgan fingerprint density at radius 2 is 1.73 bits per heavy atom. The van der Waals surface area contributed by atoms with Crippen LogP contribution in [0.4, 0.5) is 0 Å². The van der Waals surface area contributed by atoms with Crippen LogP contribution in [0.5, 0.6) is 5.75 Å². The molecule has 3 rings (SSSR count). The van der Waals surface area contributed by atoms with E-state index in [2.05, 4.69) is 58.8 Å². The molecule has 1 aromatic carbocycles. The zero-order chi connectivity index (χ0) is 32.5. The molecular weight excluding hydrogens is 558 g/mol. The monoisotopic (exact) mass is 619 g/mol. The molecule has 1 saturated heterocycles. The van der Waals surface area contributed by atoms with Crippen molar-refractivity contribution in [3.8, 4) is 5.75 Å². The first-order chi connectivity index (χ1) is 21.8. The summed E-state index contributed by atoms with van der Waals surface area (Å²) in [6, 6.07) is 12.8. The van der Waals surface area contributed by atoms with Gasteiger partial charge in [-0.15, -0.1) is 0 Å². The Morgan fingerprint density at radius 1 is 1.07 bits per heavy atom. The molecule has 7 heteroatoms. The molecule has 1 aromatic heterocycles. The Labute approximate surface area is 274 Å². The highest BCUT2D eigenvalue weighted by Crippen LogP contribution is 2.38. The van der Waals surface area contributed by atoms with Crippen molar-refractivity contribution < 1.29 is 9.53 Å². The molecule has 250 valence electrons. The lowest BCUT2D eigenvalue weighted by Crippen LogP contribution is -2.46. The van der Waals surface area contributed by atoms with Crippen LogP contribution in [0.2, 0.25) is 0 Å². The van der Waals surface area contributed by atoms with Gasteiger partial charge in [-0.2, -0.15) is 0 Å². The minimum Gasteiger partial charge on any atom is -0.496 e. The highest BCUT2D eigenvalue weighted by molar-refractivity contribution is 5.87. The summed E-state index contributed by atoms with van der Waals surface area (Å²) in [6.07, 6.45) is 18.5. The van der Waals surface area contributed by atoms with E-state index in [0.717, 1.165) is 63.4 Å². The minimum absolute atomic E-state index is 0.0474. The summed E-state index contributed by atoms with van der Waals surface area (Å²) in [5, 5.41) is 0. The Hall–Kier alpha value is -2.74. The predicted octanol–water partition coefficient (Wildman–Crippen LogP) is 6.67. The zero-order valence-electron chi connectivity index (χ0n) is 28.9. The number of hydrogen-bond acceptors (Lipinski definition) is 6. The number of nitrogens with zero attached hydrogens (tertiary/aromatic N) is 4. The number of hydrogen-bond donors (Lipinski definition) is 1. The maximum Gasteiger partial charge on any atom is 0.228 e. The summed E-state index contributed by atoms with van der Waals surface area (Å²) >= 11 is 0. The number of rotatable bonds is 21. The van der Waals surface area contributed by atoms with Gasteiger partial charge < -0.3 is 20.3 Å². The van der Waals surface area contributed by atoms with E-state index >= 15 is 0 Å². The number of unbranched alkanes of at least 4 members (excludes halogenated alkanes) is 4. The SMILES string of the molecule is C/C=C\C(C)C(CCCN(C)CCCCCCCN(CC)C1CCN(Cc2cnccc2OC)CC1)(C(N)=O)c1ccccc1. The molecule has 45 heavy (non-hydrogen) atoms. The molecule has 2 N–H and O–H groups in total. The van der Waals surface area contributed by atoms with Crippen LogP contribution in [0.1, 0.15) is 89.7 Å². The zero-order valence-corrected chi connectivity index (χ0v) is 28.9. The van der Waals surface area contributed by atoms with Gasteiger partial charge in [0, 0.05) is 30.5 Å². The number of nitrogens with two attached hydrogens (primary N) is 1. The second kappa shape index (κ2) is 19.7. The summed E-state index contributed by atoms with van der Waals surface area (Å²) in [6.45, 7) is 14.1. The van der Waals surface area contributed by atoms with E-state index in [-0.39, 0.29) is 11.8 Å². The van der Waals surface area contributed by atoms with Crippen LogP contribution in [0, 0.1) is 5.92 Å². The van der Waals surface area contributed by atoms with Gasteiger partial charge in [0.1, 0.15) is 5.75 Å². The number of methoxy groups -OCH3 is 1. The number of benzene rings is 1. The lowest BCUT2D eigenvalue weighted by Gasteiger charge is -2.38. The van der Waals surface area contributed by atoms with Gasteiger partial charge >= 0.3 is 0 Å². The summed E-state index contributed by atoms with van der Waals surface area (Å²) in [5.74, 6) is 0.761. The van der Waals surface area contributed by atoms with Crippen LogP contribution in [0.15, 0.2) is 60.9 Å². The predicted molar refractivity (Wildman–Crippen MR) is 187 cm³/mol. The maximum absolute atomic E-state index is 12.9. The average molecular weight is 620 g/mol. The summed E-state index contributed by atoms with van der Waals surface area (Å²) in [7, 11) is 3.95. The number of carbonyl (C=O) groups is 1. The minimum atomic E-state index is -0.675. The fourth-order valence-corrected chi connectivity index (χ4v) is 7.29. The van der Waals surface area contributed by atoms with E-state index in [1.807, 2.05) is 43.5 Å². The van der Waals surface area contributed by atoms with E-state index in [4.69, 9.17) is 10.5 Å². The fourth-order valence-electron chi connectivity index (χ4n) is 7.29. The Balaban J connectivity index is 1.31. The number of pyridine rings is 1. The van der Waals surface area contributed by atoms with Gasteiger partial charge in [-0.25, -0.2) is 0 Å². The normalized spacial score (nSPS) is 16.8. The first-order valence-corrected chi connectivity index (χ1v) is 17.5. The van der Waals surface area contributed by atoms with E-state index in [1.165, 1.54) is 57.1 Å². The van der Waals surface area contributed by atoms with Crippen LogP contribution >= 0.6 is 0 Å². The number of primary amides is 1. The molecule has 1 aliphatic heterocycles. The van der Waals surface area contributed by atoms with Crippen LogP contribution < -0.4 is 10.5 Å². The summed E-state index contributed by atoms with van der Waals surface area (Å²) in [4.78, 5) is 24.9. The third-order valence-corrected chi connectivity index (χ3v) is 10.0. The van der Waals surface area contributed by atoms with Crippen molar-refractivity contribution in [2.24, 2.45) is 11.7 Å². The lowest BCUT2D eigenvalue weighted by molar-refractivity contribution is -0.125. The second-order valence-electron chi connectivity index (χ2n) is 13.0. The topological polar surface area (TPSA) is 74.9 Å². The number of allylic oxidation sites excluding steroid dienone is 2. The van der Waals surface area contributed by atoms with Crippen molar-refractivity contribution >= 4 is 5.91 Å². The standard InChI is InChI=1S/C38H61N5O2/c1-6-17-32(3)38(37(39)44,34-18-12-11-13-19-34)23-16-26-41(4)25-14-9-8-10-15-27-43(7-2)35-21-28-42(29-22-35)31-33-30-40-24-20-36(33)45-5/h6,11-13,17-20,24,30,32,35H,7-10,14-16,21-23,25-29,31H2,1-5H3,(H2,39,44)/b17-6-. The largest absolute Gasteiger partial charge is 0.496 e. The second-order valence-corrected chi connectivity index (χ2v) is 13.0. The van der Waals surface area contributed by atoms with Gasteiger partial charge in [0.05, 0.1) is 12.5 Å². The van der Waals surface area contributed by atoms with Crippen molar-refractivity contribution in [3.05, 3.63) is 72.1 Å². The van der Waals surface area contributed by atoms with Crippen LogP contribution in [0.25, 0.3) is 0 Å². The lowest BCUT2D eigenvalue weighted by atomic mass is 9.67. The van der Waals surface area contributed by atoms with Crippen molar-refractivity contribution in [2.75, 3.05) is 53.4 Å². The summed E-state index contributed by atoms with van der Waals surface area (Å²) in [5.41, 5.74) is 7.64. The molecule has 7 nitrogen and oxygen atoms in total. The molecule has 1 fully saturated rings. The first kappa shape index (κ1) is 36.7. The third kappa shape index (κ3) is 10.9. The van der Waals surface area contributed by atoms with Crippen LogP contribution in [-0.2, 0) is 16.8 Å². The molecule has 1 aliphatic rings. The van der Waals surface area contributed by atoms with Crippen molar-refractivity contribution in [1.29, 1.82) is 0 Å². The molecule has 0 saturated carbocycles. The van der Waals surface area contributed by atoms with Crippen molar-refractivity contribution in [3.63, 3.8) is 0 Å². The number of aromatic nitrogens is 1. The summed E-state index contributed by atoms with van der Waals surface area (Å²) < 4.78 is 5.52. The molecule has 2 unspecified atom stereocenters. The molecule has 2 heterocycles. The van der Waals surface area contributed by atoms with Gasteiger partial charge in [-0.1, -0.05) is 75.6 Å². The fraction of sp³-hybridized carbons (Fsp3) is 0.632. The molecule has 2 aromatic rings. The molecule has 2 atom stereocenters. The highest BCUT2D eigenvalue weighted by Gasteiger charge is 2.42. The number of carbonyl (C=O) groups excluding carboxylic acids is 1. The van der Waals surface area contributed by atoms with Gasteiger partial charge in [0.2, 0.25) is 5.91 Å². The van der Waals surface area contributed by atoms with Gasteiger partial charge in [-0.05, 0) is 109 Å². The number of piperidine rings is 1. The quantitative estimate of drug-likeness (QED) is 0.124. The first-order valence-electron chi connectivity index (χ1n) is 17.5. The highest BCUT2D eigenvalue weighted by atomic mass is 16.5. The molecule has 0 radical (unpaired) electrons. The smallest absolute Gasteiger partial charge is 0.228 e. The number of ether oxygens (including phenoxy) is 1. The Kier molecular flexibility index (Phi) is 16.1. The van der Waals surface area contributed by atoms with Crippen molar-refractivity contribution in [2.45, 2.75) is 96.6 Å². The molecule has 0 spiro atoms. The van der Waals surface area contributed by atoms with Crippen LogP contribution in [0.3, 0.4) is 0 Å². The number of amides is 1. The van der Waals surface area contributed by atoms with E-state index in [0.29, 0.717) is 6.04 Å². The average Bonchev–Trinajstić information content (AvgIpc) is 3.05. The third-order valence-electron chi connectivity index (χ3n) is 10.0. The van der Waals surface area contributed by atoms with Gasteiger partial charge in [0.25, 0.3) is 0 Å². The van der Waals surface area contributed by atoms with Crippen molar-refractivity contribution in [1.82, 2.24) is 19.7 Å².